The zero-order valence-electron chi connectivity index (χ0n) is 7.39. The van der Waals surface area contributed by atoms with E-state index in [0.717, 1.165) is 30.2 Å². The summed E-state index contributed by atoms with van der Waals surface area (Å²) in [5.41, 5.74) is 7.93. The first kappa shape index (κ1) is 8.85. The van der Waals surface area contributed by atoms with Crippen LogP contribution in [0.4, 0.5) is 5.69 Å². The van der Waals surface area contributed by atoms with E-state index in [4.69, 9.17) is 17.3 Å². The van der Waals surface area contributed by atoms with Gasteiger partial charge in [0, 0.05) is 17.3 Å². The van der Waals surface area contributed by atoms with E-state index in [-0.39, 0.29) is 0 Å². The van der Waals surface area contributed by atoms with Crippen LogP contribution in [0.25, 0.3) is 0 Å². The minimum atomic E-state index is 0.540. The largest absolute Gasteiger partial charge is 0.398 e. The van der Waals surface area contributed by atoms with Crippen molar-refractivity contribution in [2.75, 3.05) is 18.8 Å². The number of halogens is 1. The van der Waals surface area contributed by atoms with Crippen molar-refractivity contribution in [3.05, 3.63) is 28.8 Å². The molecular formula is C10H13ClN2. The highest BCUT2D eigenvalue weighted by Crippen LogP contribution is 2.29. The summed E-state index contributed by atoms with van der Waals surface area (Å²) in [5.74, 6) is 0.540. The van der Waals surface area contributed by atoms with Crippen molar-refractivity contribution < 1.29 is 0 Å². The van der Waals surface area contributed by atoms with Gasteiger partial charge >= 0.3 is 0 Å². The molecule has 1 fully saturated rings. The molecule has 1 aliphatic rings. The highest BCUT2D eigenvalue weighted by Gasteiger charge is 2.18. The Morgan fingerprint density at radius 3 is 3.00 bits per heavy atom. The Morgan fingerprint density at radius 1 is 1.46 bits per heavy atom. The predicted molar refractivity (Wildman–Crippen MR) is 56.1 cm³/mol. The fraction of sp³-hybridized carbons (Fsp3) is 0.400. The van der Waals surface area contributed by atoms with Gasteiger partial charge in [-0.3, -0.25) is 0 Å². The topological polar surface area (TPSA) is 38.0 Å². The van der Waals surface area contributed by atoms with E-state index in [9.17, 15) is 0 Å². The van der Waals surface area contributed by atoms with Gasteiger partial charge < -0.3 is 11.1 Å². The Morgan fingerprint density at radius 2 is 2.31 bits per heavy atom. The van der Waals surface area contributed by atoms with Gasteiger partial charge in [0.05, 0.1) is 0 Å². The zero-order chi connectivity index (χ0) is 9.26. The Kier molecular flexibility index (Phi) is 2.42. The van der Waals surface area contributed by atoms with Crippen LogP contribution in [-0.4, -0.2) is 13.1 Å². The summed E-state index contributed by atoms with van der Waals surface area (Å²) in [5, 5.41) is 4.09. The number of rotatable bonds is 1. The molecule has 2 rings (SSSR count). The Hall–Kier alpha value is -0.730. The van der Waals surface area contributed by atoms with Gasteiger partial charge in [0.15, 0.2) is 0 Å². The number of hydrogen-bond donors (Lipinski definition) is 2. The minimum absolute atomic E-state index is 0.540. The van der Waals surface area contributed by atoms with Gasteiger partial charge in [-0.2, -0.15) is 0 Å². The SMILES string of the molecule is Nc1ccc(Cl)cc1[C@@H]1CCNC1. The molecule has 2 nitrogen and oxygen atoms in total. The Balaban J connectivity index is 2.32. The van der Waals surface area contributed by atoms with E-state index in [1.54, 1.807) is 0 Å². The first-order chi connectivity index (χ1) is 6.27. The summed E-state index contributed by atoms with van der Waals surface area (Å²) in [4.78, 5) is 0. The van der Waals surface area contributed by atoms with Gasteiger partial charge in [0.1, 0.15) is 0 Å². The van der Waals surface area contributed by atoms with E-state index in [1.807, 2.05) is 18.2 Å². The number of nitrogens with one attached hydrogen (secondary N) is 1. The van der Waals surface area contributed by atoms with Crippen LogP contribution in [-0.2, 0) is 0 Å². The van der Waals surface area contributed by atoms with E-state index in [2.05, 4.69) is 5.32 Å². The number of nitrogen functional groups attached to an aromatic ring is 1. The lowest BCUT2D eigenvalue weighted by Crippen LogP contribution is -2.09. The summed E-state index contributed by atoms with van der Waals surface area (Å²) in [6, 6.07) is 5.70. The monoisotopic (exact) mass is 196 g/mol. The van der Waals surface area contributed by atoms with Crippen molar-refractivity contribution >= 4 is 17.3 Å². The molecule has 0 bridgehead atoms. The third-order valence-corrected chi connectivity index (χ3v) is 2.78. The standard InChI is InChI=1S/C10H13ClN2/c11-8-1-2-10(12)9(5-8)7-3-4-13-6-7/h1-2,5,7,13H,3-4,6,12H2/t7-/m1/s1. The molecule has 1 saturated heterocycles. The van der Waals surface area contributed by atoms with Gasteiger partial charge in [-0.1, -0.05) is 11.6 Å². The molecule has 1 aromatic rings. The van der Waals surface area contributed by atoms with Crippen LogP contribution in [0.2, 0.25) is 5.02 Å². The van der Waals surface area contributed by atoms with Crippen LogP contribution in [0.15, 0.2) is 18.2 Å². The number of nitrogens with two attached hydrogens (primary N) is 1. The predicted octanol–water partition coefficient (Wildman–Crippen LogP) is 2.00. The fourth-order valence-electron chi connectivity index (χ4n) is 1.82. The average Bonchev–Trinajstić information content (AvgIpc) is 2.61. The van der Waals surface area contributed by atoms with Gasteiger partial charge in [-0.25, -0.2) is 0 Å². The maximum absolute atomic E-state index is 5.92. The second-order valence-corrected chi connectivity index (χ2v) is 3.90. The third kappa shape index (κ3) is 1.79. The van der Waals surface area contributed by atoms with E-state index in [1.165, 1.54) is 5.56 Å². The molecule has 0 unspecified atom stereocenters. The highest BCUT2D eigenvalue weighted by molar-refractivity contribution is 6.30. The second-order valence-electron chi connectivity index (χ2n) is 3.46. The van der Waals surface area contributed by atoms with Crippen molar-refractivity contribution in [3.8, 4) is 0 Å². The van der Waals surface area contributed by atoms with Crippen molar-refractivity contribution in [2.24, 2.45) is 0 Å². The minimum Gasteiger partial charge on any atom is -0.398 e. The molecule has 0 amide bonds. The zero-order valence-corrected chi connectivity index (χ0v) is 8.14. The van der Waals surface area contributed by atoms with Gasteiger partial charge in [0.25, 0.3) is 0 Å². The second kappa shape index (κ2) is 3.56. The smallest absolute Gasteiger partial charge is 0.0410 e. The van der Waals surface area contributed by atoms with Crippen molar-refractivity contribution in [1.29, 1.82) is 0 Å². The Bertz CT molecular complexity index is 306. The van der Waals surface area contributed by atoms with Crippen molar-refractivity contribution in [1.82, 2.24) is 5.32 Å². The molecule has 1 aromatic carbocycles. The molecule has 0 aromatic heterocycles. The van der Waals surface area contributed by atoms with Crippen LogP contribution >= 0.6 is 11.6 Å². The average molecular weight is 197 g/mol. The first-order valence-electron chi connectivity index (χ1n) is 4.53. The molecule has 1 atom stereocenters. The quantitative estimate of drug-likeness (QED) is 0.675. The first-order valence-corrected chi connectivity index (χ1v) is 4.91. The molecule has 3 N–H and O–H groups in total. The Labute approximate surface area is 83.1 Å². The summed E-state index contributed by atoms with van der Waals surface area (Å²) >= 11 is 5.92. The van der Waals surface area contributed by atoms with Crippen molar-refractivity contribution in [2.45, 2.75) is 12.3 Å². The number of benzene rings is 1. The maximum Gasteiger partial charge on any atom is 0.0410 e. The summed E-state index contributed by atoms with van der Waals surface area (Å²) in [6.07, 6.45) is 1.16. The van der Waals surface area contributed by atoms with Crippen molar-refractivity contribution in [3.63, 3.8) is 0 Å². The molecule has 0 saturated carbocycles. The maximum atomic E-state index is 5.92. The van der Waals surface area contributed by atoms with Crippen LogP contribution in [0.5, 0.6) is 0 Å². The van der Waals surface area contributed by atoms with E-state index in [0.29, 0.717) is 5.92 Å². The molecule has 13 heavy (non-hydrogen) atoms. The van der Waals surface area contributed by atoms with Gasteiger partial charge in [-0.15, -0.1) is 0 Å². The number of hydrogen-bond acceptors (Lipinski definition) is 2. The van der Waals surface area contributed by atoms with Crippen LogP contribution < -0.4 is 11.1 Å². The summed E-state index contributed by atoms with van der Waals surface area (Å²) in [7, 11) is 0. The van der Waals surface area contributed by atoms with Crippen LogP contribution in [0, 0.1) is 0 Å². The normalized spacial score (nSPS) is 22.1. The lowest BCUT2D eigenvalue weighted by Gasteiger charge is -2.11. The molecule has 70 valence electrons. The highest BCUT2D eigenvalue weighted by atomic mass is 35.5. The van der Waals surface area contributed by atoms with E-state index < -0.39 is 0 Å². The molecule has 1 heterocycles. The third-order valence-electron chi connectivity index (χ3n) is 2.55. The van der Waals surface area contributed by atoms with E-state index >= 15 is 0 Å². The molecule has 0 aliphatic carbocycles. The van der Waals surface area contributed by atoms with Gasteiger partial charge in [0.2, 0.25) is 0 Å². The lowest BCUT2D eigenvalue weighted by atomic mass is 9.97. The molecule has 1 aliphatic heterocycles. The molecular weight excluding hydrogens is 184 g/mol. The van der Waals surface area contributed by atoms with Gasteiger partial charge in [-0.05, 0) is 42.6 Å². The van der Waals surface area contributed by atoms with Crippen LogP contribution in [0.3, 0.4) is 0 Å². The fourth-order valence-corrected chi connectivity index (χ4v) is 2.00. The summed E-state index contributed by atoms with van der Waals surface area (Å²) in [6.45, 7) is 2.10. The van der Waals surface area contributed by atoms with Crippen LogP contribution in [0.1, 0.15) is 17.9 Å². The molecule has 0 spiro atoms. The lowest BCUT2D eigenvalue weighted by molar-refractivity contribution is 0.766. The molecule has 0 radical (unpaired) electrons. The molecule has 3 heteroatoms. The number of anilines is 1. The summed E-state index contributed by atoms with van der Waals surface area (Å²) < 4.78 is 0.